The third-order valence-electron chi connectivity index (χ3n) is 3.10. The zero-order valence-electron chi connectivity index (χ0n) is 10.9. The van der Waals surface area contributed by atoms with Gasteiger partial charge in [-0.15, -0.1) is 0 Å². The van der Waals surface area contributed by atoms with Crippen LogP contribution in [0.2, 0.25) is 0 Å². The Bertz CT molecular complexity index is 784. The zero-order valence-corrected chi connectivity index (χ0v) is 10.9. The van der Waals surface area contributed by atoms with Crippen molar-refractivity contribution < 1.29 is 9.53 Å². The van der Waals surface area contributed by atoms with Crippen LogP contribution >= 0.6 is 0 Å². The Hall–Kier alpha value is -2.75. The molecule has 1 aromatic carbocycles. The summed E-state index contributed by atoms with van der Waals surface area (Å²) in [6.45, 7) is 0. The fourth-order valence-corrected chi connectivity index (χ4v) is 2.08. The number of methoxy groups -OCH3 is 1. The molecule has 3 rings (SSSR count). The number of fused-ring (bicyclic) bond motifs is 1. The van der Waals surface area contributed by atoms with Crippen molar-refractivity contribution in [2.45, 2.75) is 0 Å². The highest BCUT2D eigenvalue weighted by molar-refractivity contribution is 6.11. The van der Waals surface area contributed by atoms with Crippen molar-refractivity contribution in [1.82, 2.24) is 9.97 Å². The van der Waals surface area contributed by atoms with Crippen LogP contribution < -0.4 is 4.74 Å². The zero-order chi connectivity index (χ0) is 13.9. The number of benzene rings is 1. The van der Waals surface area contributed by atoms with Crippen LogP contribution in [0.1, 0.15) is 15.9 Å². The van der Waals surface area contributed by atoms with Gasteiger partial charge in [0.1, 0.15) is 5.75 Å². The lowest BCUT2D eigenvalue weighted by Gasteiger charge is -2.07. The van der Waals surface area contributed by atoms with Crippen LogP contribution in [0, 0.1) is 0 Å². The van der Waals surface area contributed by atoms with Crippen molar-refractivity contribution in [3.8, 4) is 5.75 Å². The predicted molar refractivity (Wildman–Crippen MR) is 76.0 cm³/mol. The van der Waals surface area contributed by atoms with Gasteiger partial charge in [0.25, 0.3) is 0 Å². The van der Waals surface area contributed by atoms with Crippen molar-refractivity contribution in [2.24, 2.45) is 0 Å². The highest BCUT2D eigenvalue weighted by Crippen LogP contribution is 2.21. The summed E-state index contributed by atoms with van der Waals surface area (Å²) in [7, 11) is 1.52. The fraction of sp³-hybridized carbons (Fsp3) is 0.0625. The molecule has 20 heavy (non-hydrogen) atoms. The topological polar surface area (TPSA) is 52.1 Å². The summed E-state index contributed by atoms with van der Waals surface area (Å²) < 4.78 is 5.17. The minimum atomic E-state index is -0.123. The molecule has 0 saturated carbocycles. The Morgan fingerprint density at radius 3 is 2.85 bits per heavy atom. The molecule has 0 bridgehead atoms. The lowest BCUT2D eigenvalue weighted by atomic mass is 10.0. The predicted octanol–water partition coefficient (Wildman–Crippen LogP) is 2.87. The Morgan fingerprint density at radius 2 is 2.00 bits per heavy atom. The van der Waals surface area contributed by atoms with Crippen LogP contribution in [0.5, 0.6) is 5.75 Å². The lowest BCUT2D eigenvalue weighted by molar-refractivity contribution is 0.103. The number of ether oxygens (including phenoxy) is 1. The Morgan fingerprint density at radius 1 is 1.15 bits per heavy atom. The molecule has 2 aromatic heterocycles. The quantitative estimate of drug-likeness (QED) is 0.682. The van der Waals surface area contributed by atoms with Crippen LogP contribution in [0.15, 0.2) is 55.0 Å². The second kappa shape index (κ2) is 5.09. The average Bonchev–Trinajstić information content (AvgIpc) is 2.53. The molecule has 0 N–H and O–H groups in total. The normalized spacial score (nSPS) is 10.4. The maximum absolute atomic E-state index is 12.5. The van der Waals surface area contributed by atoms with E-state index in [1.807, 2.05) is 30.3 Å². The minimum absolute atomic E-state index is 0.123. The molecule has 0 aliphatic carbocycles. The first-order valence-corrected chi connectivity index (χ1v) is 6.17. The molecule has 2 heterocycles. The van der Waals surface area contributed by atoms with Gasteiger partial charge in [-0.25, -0.2) is 0 Å². The summed E-state index contributed by atoms with van der Waals surface area (Å²) in [6, 6.07) is 11.2. The first-order valence-electron chi connectivity index (χ1n) is 6.17. The molecule has 0 spiro atoms. The lowest BCUT2D eigenvalue weighted by Crippen LogP contribution is -2.05. The van der Waals surface area contributed by atoms with Crippen LogP contribution in [-0.2, 0) is 0 Å². The highest BCUT2D eigenvalue weighted by Gasteiger charge is 2.15. The first kappa shape index (κ1) is 12.3. The average molecular weight is 264 g/mol. The van der Waals surface area contributed by atoms with E-state index in [4.69, 9.17) is 4.74 Å². The highest BCUT2D eigenvalue weighted by atomic mass is 16.5. The monoisotopic (exact) mass is 264 g/mol. The summed E-state index contributed by atoms with van der Waals surface area (Å²) in [4.78, 5) is 20.8. The van der Waals surface area contributed by atoms with Gasteiger partial charge in [-0.3, -0.25) is 14.8 Å². The molecule has 0 aliphatic rings. The number of hydrogen-bond donors (Lipinski definition) is 0. The van der Waals surface area contributed by atoms with Crippen molar-refractivity contribution in [1.29, 1.82) is 0 Å². The van der Waals surface area contributed by atoms with Gasteiger partial charge in [-0.2, -0.15) is 0 Å². The van der Waals surface area contributed by atoms with Crippen molar-refractivity contribution in [3.05, 3.63) is 66.1 Å². The van der Waals surface area contributed by atoms with E-state index in [2.05, 4.69) is 9.97 Å². The van der Waals surface area contributed by atoms with Gasteiger partial charge in [0.15, 0.2) is 5.78 Å². The van der Waals surface area contributed by atoms with E-state index in [1.54, 1.807) is 18.5 Å². The third kappa shape index (κ3) is 2.12. The van der Waals surface area contributed by atoms with Crippen LogP contribution in [0.25, 0.3) is 10.9 Å². The number of para-hydroxylation sites is 1. The van der Waals surface area contributed by atoms with E-state index in [-0.39, 0.29) is 5.78 Å². The number of carbonyl (C=O) groups excluding carboxylic acids is 1. The molecule has 4 nitrogen and oxygen atoms in total. The summed E-state index contributed by atoms with van der Waals surface area (Å²) in [6.07, 6.45) is 4.69. The van der Waals surface area contributed by atoms with Crippen molar-refractivity contribution in [2.75, 3.05) is 7.11 Å². The molecule has 3 aromatic rings. The van der Waals surface area contributed by atoms with Gasteiger partial charge in [-0.05, 0) is 18.2 Å². The van der Waals surface area contributed by atoms with Crippen molar-refractivity contribution >= 4 is 16.7 Å². The Balaban J connectivity index is 2.08. The molecule has 98 valence electrons. The molecule has 0 amide bonds. The Kier molecular flexibility index (Phi) is 3.13. The first-order chi connectivity index (χ1) is 9.79. The minimum Gasteiger partial charge on any atom is -0.494 e. The molecule has 0 fully saturated rings. The molecule has 0 aliphatic heterocycles. The third-order valence-corrected chi connectivity index (χ3v) is 3.10. The van der Waals surface area contributed by atoms with E-state index in [0.717, 1.165) is 10.9 Å². The summed E-state index contributed by atoms with van der Waals surface area (Å²) in [5, 5.41) is 0.936. The number of pyridine rings is 2. The number of hydrogen-bond acceptors (Lipinski definition) is 4. The van der Waals surface area contributed by atoms with E-state index in [0.29, 0.717) is 16.9 Å². The second-order valence-corrected chi connectivity index (χ2v) is 4.32. The number of nitrogens with zero attached hydrogens (tertiary/aromatic N) is 2. The van der Waals surface area contributed by atoms with Gasteiger partial charge in [0.2, 0.25) is 0 Å². The molecular weight excluding hydrogens is 252 g/mol. The van der Waals surface area contributed by atoms with Gasteiger partial charge < -0.3 is 4.74 Å². The van der Waals surface area contributed by atoms with Crippen LogP contribution in [0.4, 0.5) is 0 Å². The molecule has 4 heteroatoms. The molecular formula is C16H12N2O2. The number of ketones is 1. The van der Waals surface area contributed by atoms with Gasteiger partial charge in [0.05, 0.1) is 24.4 Å². The largest absolute Gasteiger partial charge is 0.494 e. The number of rotatable bonds is 3. The summed E-state index contributed by atoms with van der Waals surface area (Å²) >= 11 is 0. The fourth-order valence-electron chi connectivity index (χ4n) is 2.08. The second-order valence-electron chi connectivity index (χ2n) is 4.32. The van der Waals surface area contributed by atoms with E-state index in [1.165, 1.54) is 13.3 Å². The molecule has 0 radical (unpaired) electrons. The standard InChI is InChI=1S/C16H12N2O2/c1-20-15-10-17-7-6-13(15)16(19)12-8-11-4-2-3-5-14(11)18-9-12/h2-10H,1H3. The van der Waals surface area contributed by atoms with Gasteiger partial charge >= 0.3 is 0 Å². The molecule has 0 atom stereocenters. The molecule has 0 unspecified atom stereocenters. The maximum Gasteiger partial charge on any atom is 0.198 e. The summed E-state index contributed by atoms with van der Waals surface area (Å²) in [5.41, 5.74) is 1.89. The SMILES string of the molecule is COc1cnccc1C(=O)c1cnc2ccccc2c1. The van der Waals surface area contributed by atoms with Crippen molar-refractivity contribution in [3.63, 3.8) is 0 Å². The van der Waals surface area contributed by atoms with Gasteiger partial charge in [-0.1, -0.05) is 18.2 Å². The smallest absolute Gasteiger partial charge is 0.198 e. The van der Waals surface area contributed by atoms with E-state index >= 15 is 0 Å². The number of aromatic nitrogens is 2. The number of carbonyl (C=O) groups is 1. The van der Waals surface area contributed by atoms with Crippen LogP contribution in [-0.4, -0.2) is 22.9 Å². The Labute approximate surface area is 116 Å². The molecule has 0 saturated heterocycles. The summed E-state index contributed by atoms with van der Waals surface area (Å²) in [5.74, 6) is 0.341. The van der Waals surface area contributed by atoms with E-state index in [9.17, 15) is 4.79 Å². The van der Waals surface area contributed by atoms with E-state index < -0.39 is 0 Å². The van der Waals surface area contributed by atoms with Crippen LogP contribution in [0.3, 0.4) is 0 Å². The maximum atomic E-state index is 12.5. The van der Waals surface area contributed by atoms with Gasteiger partial charge in [0, 0.05) is 23.3 Å².